The summed E-state index contributed by atoms with van der Waals surface area (Å²) in [6.07, 6.45) is 2.42. The van der Waals surface area contributed by atoms with Crippen molar-refractivity contribution in [3.8, 4) is 11.5 Å². The SMILES string of the molecule is COc1cc(OC)cc(C(=O)N2CC3CCCC(=O)N(Cc4ccccc4)C3C2)c1. The van der Waals surface area contributed by atoms with Gasteiger partial charge < -0.3 is 19.3 Å². The van der Waals surface area contributed by atoms with E-state index in [0.29, 0.717) is 49.0 Å². The van der Waals surface area contributed by atoms with Gasteiger partial charge in [0.2, 0.25) is 5.91 Å². The summed E-state index contributed by atoms with van der Waals surface area (Å²) in [6, 6.07) is 15.4. The Labute approximate surface area is 177 Å². The highest BCUT2D eigenvalue weighted by atomic mass is 16.5. The van der Waals surface area contributed by atoms with Gasteiger partial charge in [-0.3, -0.25) is 9.59 Å². The Hall–Kier alpha value is -3.02. The molecular formula is C24H28N2O4. The molecule has 2 saturated heterocycles. The maximum atomic E-state index is 13.3. The van der Waals surface area contributed by atoms with Crippen LogP contribution in [-0.4, -0.2) is 55.0 Å². The van der Waals surface area contributed by atoms with Crippen molar-refractivity contribution in [3.05, 3.63) is 59.7 Å². The van der Waals surface area contributed by atoms with E-state index in [2.05, 4.69) is 0 Å². The molecule has 4 rings (SSSR count). The summed E-state index contributed by atoms with van der Waals surface area (Å²) in [7, 11) is 3.15. The van der Waals surface area contributed by atoms with Crippen LogP contribution >= 0.6 is 0 Å². The lowest BCUT2D eigenvalue weighted by Gasteiger charge is -2.30. The molecule has 0 aliphatic carbocycles. The van der Waals surface area contributed by atoms with Crippen LogP contribution in [0.1, 0.15) is 35.2 Å². The average molecular weight is 408 g/mol. The second-order valence-electron chi connectivity index (χ2n) is 8.04. The lowest BCUT2D eigenvalue weighted by atomic mass is 9.98. The van der Waals surface area contributed by atoms with Gasteiger partial charge in [0.25, 0.3) is 5.91 Å². The molecule has 0 radical (unpaired) electrons. The number of methoxy groups -OCH3 is 2. The summed E-state index contributed by atoms with van der Waals surface area (Å²) < 4.78 is 10.6. The molecule has 0 N–H and O–H groups in total. The largest absolute Gasteiger partial charge is 0.497 e. The standard InChI is InChI=1S/C24H28N2O4/c1-29-20-11-19(12-21(13-20)30-2)24(28)25-15-18-9-6-10-23(27)26(22(18)16-25)14-17-7-4-3-5-8-17/h3-5,7-8,11-13,18,22H,6,9-10,14-16H2,1-2H3. The summed E-state index contributed by atoms with van der Waals surface area (Å²) in [5, 5.41) is 0. The minimum Gasteiger partial charge on any atom is -0.497 e. The molecule has 2 aromatic rings. The van der Waals surface area contributed by atoms with E-state index >= 15 is 0 Å². The highest BCUT2D eigenvalue weighted by Gasteiger charge is 2.42. The second-order valence-corrected chi connectivity index (χ2v) is 8.04. The quantitative estimate of drug-likeness (QED) is 0.761. The smallest absolute Gasteiger partial charge is 0.254 e. The van der Waals surface area contributed by atoms with Crippen LogP contribution in [0.2, 0.25) is 0 Å². The Morgan fingerprint density at radius 3 is 2.40 bits per heavy atom. The predicted octanol–water partition coefficient (Wildman–Crippen LogP) is 3.36. The minimum absolute atomic E-state index is 0.0487. The van der Waals surface area contributed by atoms with Crippen molar-refractivity contribution in [3.63, 3.8) is 0 Å². The fraction of sp³-hybridized carbons (Fsp3) is 0.417. The topological polar surface area (TPSA) is 59.1 Å². The van der Waals surface area contributed by atoms with Gasteiger partial charge in [-0.15, -0.1) is 0 Å². The van der Waals surface area contributed by atoms with Gasteiger partial charge in [-0.2, -0.15) is 0 Å². The summed E-state index contributed by atoms with van der Waals surface area (Å²) in [4.78, 5) is 30.0. The number of hydrogen-bond donors (Lipinski definition) is 0. The maximum absolute atomic E-state index is 13.3. The van der Waals surface area contributed by atoms with E-state index in [1.165, 1.54) is 0 Å². The molecule has 0 saturated carbocycles. The molecule has 2 atom stereocenters. The molecular weight excluding hydrogens is 380 g/mol. The zero-order valence-corrected chi connectivity index (χ0v) is 17.5. The van der Waals surface area contributed by atoms with E-state index in [4.69, 9.17) is 9.47 Å². The van der Waals surface area contributed by atoms with Crippen molar-refractivity contribution in [2.75, 3.05) is 27.3 Å². The molecule has 2 heterocycles. The van der Waals surface area contributed by atoms with Gasteiger partial charge >= 0.3 is 0 Å². The van der Waals surface area contributed by atoms with Crippen LogP contribution < -0.4 is 9.47 Å². The number of rotatable bonds is 5. The Morgan fingerprint density at radius 1 is 1.03 bits per heavy atom. The third kappa shape index (κ3) is 4.13. The molecule has 6 nitrogen and oxygen atoms in total. The summed E-state index contributed by atoms with van der Waals surface area (Å²) >= 11 is 0. The van der Waals surface area contributed by atoms with Gasteiger partial charge in [-0.25, -0.2) is 0 Å². The molecule has 2 aromatic carbocycles. The van der Waals surface area contributed by atoms with E-state index < -0.39 is 0 Å². The molecule has 2 aliphatic heterocycles. The molecule has 2 unspecified atom stereocenters. The Bertz CT molecular complexity index is 892. The van der Waals surface area contributed by atoms with Crippen LogP contribution in [0, 0.1) is 5.92 Å². The summed E-state index contributed by atoms with van der Waals surface area (Å²) in [5.41, 5.74) is 1.66. The molecule has 158 valence electrons. The number of likely N-dealkylation sites (tertiary alicyclic amines) is 2. The van der Waals surface area contributed by atoms with Gasteiger partial charge in [0.05, 0.1) is 20.3 Å². The molecule has 0 aromatic heterocycles. The van der Waals surface area contributed by atoms with E-state index in [-0.39, 0.29) is 17.9 Å². The average Bonchev–Trinajstić information content (AvgIpc) is 3.14. The fourth-order valence-corrected chi connectivity index (χ4v) is 4.60. The van der Waals surface area contributed by atoms with E-state index in [1.807, 2.05) is 40.1 Å². The maximum Gasteiger partial charge on any atom is 0.254 e. The van der Waals surface area contributed by atoms with Crippen molar-refractivity contribution in [1.82, 2.24) is 9.80 Å². The van der Waals surface area contributed by atoms with Crippen LogP contribution in [0.3, 0.4) is 0 Å². The lowest BCUT2D eigenvalue weighted by molar-refractivity contribution is -0.133. The molecule has 6 heteroatoms. The molecule has 2 amide bonds. The first-order valence-electron chi connectivity index (χ1n) is 10.4. The normalized spacial score (nSPS) is 21.2. The van der Waals surface area contributed by atoms with E-state index in [0.717, 1.165) is 18.4 Å². The van der Waals surface area contributed by atoms with E-state index in [9.17, 15) is 9.59 Å². The number of fused-ring (bicyclic) bond motifs is 1. The number of amides is 2. The molecule has 2 aliphatic rings. The fourth-order valence-electron chi connectivity index (χ4n) is 4.60. The lowest BCUT2D eigenvalue weighted by Crippen LogP contribution is -2.43. The number of carbonyl (C=O) groups excluding carboxylic acids is 2. The molecule has 0 bridgehead atoms. The minimum atomic E-state index is -0.0487. The Morgan fingerprint density at radius 2 is 1.73 bits per heavy atom. The number of hydrogen-bond acceptors (Lipinski definition) is 4. The number of ether oxygens (including phenoxy) is 2. The highest BCUT2D eigenvalue weighted by Crippen LogP contribution is 2.33. The summed E-state index contributed by atoms with van der Waals surface area (Å²) in [5.74, 6) is 1.62. The van der Waals surface area contributed by atoms with E-state index in [1.54, 1.807) is 32.4 Å². The number of carbonyl (C=O) groups is 2. The molecule has 2 fully saturated rings. The van der Waals surface area contributed by atoms with Crippen molar-refractivity contribution < 1.29 is 19.1 Å². The first-order chi connectivity index (χ1) is 14.6. The van der Waals surface area contributed by atoms with Crippen LogP contribution in [-0.2, 0) is 11.3 Å². The second kappa shape index (κ2) is 8.78. The molecule has 0 spiro atoms. The van der Waals surface area contributed by atoms with Crippen molar-refractivity contribution in [1.29, 1.82) is 0 Å². The van der Waals surface area contributed by atoms with Crippen molar-refractivity contribution in [2.24, 2.45) is 5.92 Å². The predicted molar refractivity (Wildman–Crippen MR) is 114 cm³/mol. The van der Waals surface area contributed by atoms with Crippen LogP contribution in [0.15, 0.2) is 48.5 Å². The Kier molecular flexibility index (Phi) is 5.93. The third-order valence-electron chi connectivity index (χ3n) is 6.17. The van der Waals surface area contributed by atoms with Crippen molar-refractivity contribution in [2.45, 2.75) is 31.8 Å². The van der Waals surface area contributed by atoms with Gasteiger partial charge in [0, 0.05) is 37.7 Å². The van der Waals surface area contributed by atoms with Crippen LogP contribution in [0.4, 0.5) is 0 Å². The van der Waals surface area contributed by atoms with Gasteiger partial charge in [-0.05, 0) is 36.5 Å². The number of nitrogens with zero attached hydrogens (tertiary/aromatic N) is 2. The first-order valence-corrected chi connectivity index (χ1v) is 10.4. The highest BCUT2D eigenvalue weighted by molar-refractivity contribution is 5.95. The summed E-state index contributed by atoms with van der Waals surface area (Å²) in [6.45, 7) is 1.82. The van der Waals surface area contributed by atoms with Gasteiger partial charge in [0.1, 0.15) is 11.5 Å². The van der Waals surface area contributed by atoms with Crippen LogP contribution in [0.25, 0.3) is 0 Å². The zero-order chi connectivity index (χ0) is 21.1. The van der Waals surface area contributed by atoms with Crippen LogP contribution in [0.5, 0.6) is 11.5 Å². The Balaban J connectivity index is 1.56. The monoisotopic (exact) mass is 408 g/mol. The van der Waals surface area contributed by atoms with Gasteiger partial charge in [-0.1, -0.05) is 30.3 Å². The number of benzene rings is 2. The third-order valence-corrected chi connectivity index (χ3v) is 6.17. The van der Waals surface area contributed by atoms with Gasteiger partial charge in [0.15, 0.2) is 0 Å². The molecule has 30 heavy (non-hydrogen) atoms. The first kappa shape index (κ1) is 20.3. The van der Waals surface area contributed by atoms with Crippen molar-refractivity contribution >= 4 is 11.8 Å². The zero-order valence-electron chi connectivity index (χ0n) is 17.5.